The summed E-state index contributed by atoms with van der Waals surface area (Å²) in [5, 5.41) is -2.82. The SMILES string of the molecule is O=S1(=O)OCCOS(=O)(=O)C(c2ccccc2)C1c1ccccc1. The molecule has 24 heavy (non-hydrogen) atoms. The molecule has 0 N–H and O–H groups in total. The summed E-state index contributed by atoms with van der Waals surface area (Å²) in [6.07, 6.45) is 0. The van der Waals surface area contributed by atoms with Crippen LogP contribution in [0.5, 0.6) is 0 Å². The first-order valence-electron chi connectivity index (χ1n) is 7.28. The van der Waals surface area contributed by atoms with Crippen molar-refractivity contribution in [3.8, 4) is 0 Å². The predicted molar refractivity (Wildman–Crippen MR) is 88.1 cm³/mol. The van der Waals surface area contributed by atoms with E-state index in [-0.39, 0.29) is 13.2 Å². The van der Waals surface area contributed by atoms with Crippen molar-refractivity contribution in [2.24, 2.45) is 0 Å². The highest BCUT2D eigenvalue weighted by atomic mass is 32.2. The molecule has 0 spiro atoms. The molecule has 0 saturated carbocycles. The average Bonchev–Trinajstić information content (AvgIpc) is 2.57. The molecule has 2 aromatic carbocycles. The summed E-state index contributed by atoms with van der Waals surface area (Å²) in [5.74, 6) is 0. The van der Waals surface area contributed by atoms with Crippen LogP contribution in [0.2, 0.25) is 0 Å². The molecule has 8 heteroatoms. The minimum atomic E-state index is -4.16. The number of benzene rings is 2. The Labute approximate surface area is 141 Å². The normalized spacial score (nSPS) is 26.2. The van der Waals surface area contributed by atoms with Gasteiger partial charge in [0, 0.05) is 0 Å². The summed E-state index contributed by atoms with van der Waals surface area (Å²) in [5.41, 5.74) is 0.667. The Morgan fingerprint density at radius 1 is 0.625 bits per heavy atom. The van der Waals surface area contributed by atoms with Crippen molar-refractivity contribution < 1.29 is 25.2 Å². The number of hydrogen-bond acceptors (Lipinski definition) is 6. The maximum Gasteiger partial charge on any atom is 0.276 e. The quantitative estimate of drug-likeness (QED) is 0.755. The zero-order valence-electron chi connectivity index (χ0n) is 12.6. The lowest BCUT2D eigenvalue weighted by atomic mass is 10.0. The maximum absolute atomic E-state index is 12.7. The Morgan fingerprint density at radius 2 is 0.958 bits per heavy atom. The van der Waals surface area contributed by atoms with E-state index in [0.717, 1.165) is 0 Å². The van der Waals surface area contributed by atoms with Crippen LogP contribution in [-0.2, 0) is 28.6 Å². The van der Waals surface area contributed by atoms with E-state index in [0.29, 0.717) is 11.1 Å². The van der Waals surface area contributed by atoms with E-state index in [1.54, 1.807) is 60.7 Å². The zero-order valence-corrected chi connectivity index (χ0v) is 14.2. The summed E-state index contributed by atoms with van der Waals surface area (Å²) >= 11 is 0. The third kappa shape index (κ3) is 3.36. The van der Waals surface area contributed by atoms with Gasteiger partial charge in [0.2, 0.25) is 0 Å². The van der Waals surface area contributed by atoms with Gasteiger partial charge in [-0.05, 0) is 11.1 Å². The zero-order chi connectivity index (χ0) is 17.2. The Hall–Kier alpha value is -1.74. The van der Waals surface area contributed by atoms with Gasteiger partial charge in [-0.2, -0.15) is 16.8 Å². The first-order valence-corrected chi connectivity index (χ1v) is 10.2. The lowest BCUT2D eigenvalue weighted by Crippen LogP contribution is -2.33. The summed E-state index contributed by atoms with van der Waals surface area (Å²) in [4.78, 5) is 0. The molecule has 3 rings (SSSR count). The summed E-state index contributed by atoms with van der Waals surface area (Å²) in [6, 6.07) is 16.3. The van der Waals surface area contributed by atoms with E-state index >= 15 is 0 Å². The molecule has 0 bridgehead atoms. The van der Waals surface area contributed by atoms with E-state index in [9.17, 15) is 16.8 Å². The van der Waals surface area contributed by atoms with Gasteiger partial charge in [-0.15, -0.1) is 0 Å². The minimum Gasteiger partial charge on any atom is -0.267 e. The molecule has 0 amide bonds. The minimum absolute atomic E-state index is 0.334. The van der Waals surface area contributed by atoms with E-state index in [1.807, 2.05) is 0 Å². The van der Waals surface area contributed by atoms with Gasteiger partial charge in [-0.1, -0.05) is 60.7 Å². The second-order valence-corrected chi connectivity index (χ2v) is 8.75. The van der Waals surface area contributed by atoms with Crippen LogP contribution in [0.15, 0.2) is 60.7 Å². The maximum atomic E-state index is 12.7. The molecule has 1 saturated heterocycles. The predicted octanol–water partition coefficient (Wildman–Crippen LogP) is 2.18. The lowest BCUT2D eigenvalue weighted by Gasteiger charge is -2.28. The molecule has 1 aliphatic heterocycles. The van der Waals surface area contributed by atoms with Crippen molar-refractivity contribution in [3.63, 3.8) is 0 Å². The molecule has 0 aliphatic carbocycles. The van der Waals surface area contributed by atoms with Crippen LogP contribution in [0.4, 0.5) is 0 Å². The van der Waals surface area contributed by atoms with Gasteiger partial charge < -0.3 is 0 Å². The van der Waals surface area contributed by atoms with E-state index in [1.165, 1.54) is 0 Å². The van der Waals surface area contributed by atoms with Crippen LogP contribution in [0.3, 0.4) is 0 Å². The van der Waals surface area contributed by atoms with Gasteiger partial charge in [0.05, 0.1) is 13.2 Å². The molecule has 2 unspecified atom stereocenters. The van der Waals surface area contributed by atoms with Gasteiger partial charge in [-0.25, -0.2) is 0 Å². The molecule has 1 fully saturated rings. The molecule has 2 atom stereocenters. The van der Waals surface area contributed by atoms with Crippen LogP contribution in [-0.4, -0.2) is 30.0 Å². The third-order valence-electron chi connectivity index (χ3n) is 3.73. The smallest absolute Gasteiger partial charge is 0.267 e. The van der Waals surface area contributed by atoms with Crippen molar-refractivity contribution in [2.75, 3.05) is 13.2 Å². The summed E-state index contributed by atoms with van der Waals surface area (Å²) < 4.78 is 60.7. The first kappa shape index (κ1) is 17.1. The Bertz CT molecular complexity index is 815. The van der Waals surface area contributed by atoms with Crippen LogP contribution < -0.4 is 0 Å². The summed E-state index contributed by atoms with van der Waals surface area (Å²) in [6.45, 7) is -0.682. The number of hydrogen-bond donors (Lipinski definition) is 0. The fraction of sp³-hybridized carbons (Fsp3) is 0.250. The highest BCUT2D eigenvalue weighted by Gasteiger charge is 2.46. The monoisotopic (exact) mass is 368 g/mol. The summed E-state index contributed by atoms with van der Waals surface area (Å²) in [7, 11) is -8.33. The lowest BCUT2D eigenvalue weighted by molar-refractivity contribution is 0.211. The highest BCUT2D eigenvalue weighted by Crippen LogP contribution is 2.43. The van der Waals surface area contributed by atoms with E-state index < -0.39 is 30.7 Å². The van der Waals surface area contributed by atoms with Crippen LogP contribution in [0.1, 0.15) is 21.6 Å². The fourth-order valence-electron chi connectivity index (χ4n) is 2.72. The molecule has 2 aromatic rings. The van der Waals surface area contributed by atoms with Crippen LogP contribution in [0.25, 0.3) is 0 Å². The Balaban J connectivity index is 2.26. The van der Waals surface area contributed by atoms with Crippen molar-refractivity contribution in [1.82, 2.24) is 0 Å². The van der Waals surface area contributed by atoms with Gasteiger partial charge in [-0.3, -0.25) is 8.37 Å². The largest absolute Gasteiger partial charge is 0.276 e. The number of rotatable bonds is 2. The molecule has 0 radical (unpaired) electrons. The molecule has 128 valence electrons. The van der Waals surface area contributed by atoms with Crippen molar-refractivity contribution in [1.29, 1.82) is 0 Å². The van der Waals surface area contributed by atoms with Gasteiger partial charge >= 0.3 is 0 Å². The Morgan fingerprint density at radius 3 is 1.29 bits per heavy atom. The van der Waals surface area contributed by atoms with E-state index in [2.05, 4.69) is 0 Å². The standard InChI is InChI=1S/C16H16O6S2/c17-23(18)15(13-7-3-1-4-8-13)16(14-9-5-2-6-10-14)24(19,20)22-12-11-21-23/h1-10,15-16H,11-12H2. The van der Waals surface area contributed by atoms with Crippen molar-refractivity contribution >= 4 is 20.2 Å². The molecular formula is C16H16O6S2. The fourth-order valence-corrected chi connectivity index (χ4v) is 6.33. The molecular weight excluding hydrogens is 352 g/mol. The molecule has 1 heterocycles. The molecule has 0 aromatic heterocycles. The average molecular weight is 368 g/mol. The topological polar surface area (TPSA) is 86.7 Å². The van der Waals surface area contributed by atoms with Gasteiger partial charge in [0.15, 0.2) is 0 Å². The van der Waals surface area contributed by atoms with Crippen LogP contribution >= 0.6 is 0 Å². The van der Waals surface area contributed by atoms with Crippen molar-refractivity contribution in [3.05, 3.63) is 71.8 Å². The first-order chi connectivity index (χ1) is 11.4. The van der Waals surface area contributed by atoms with Crippen LogP contribution in [0, 0.1) is 0 Å². The van der Waals surface area contributed by atoms with Gasteiger partial charge in [0.25, 0.3) is 20.2 Å². The highest BCUT2D eigenvalue weighted by molar-refractivity contribution is 7.91. The molecule has 6 nitrogen and oxygen atoms in total. The van der Waals surface area contributed by atoms with E-state index in [4.69, 9.17) is 8.37 Å². The molecule has 1 aliphatic rings. The van der Waals surface area contributed by atoms with Gasteiger partial charge in [0.1, 0.15) is 10.5 Å². The second kappa shape index (κ2) is 6.64. The van der Waals surface area contributed by atoms with Crippen molar-refractivity contribution in [2.45, 2.75) is 10.5 Å². The third-order valence-corrected chi connectivity index (χ3v) is 7.23. The second-order valence-electron chi connectivity index (χ2n) is 5.29. The Kier molecular flexibility index (Phi) is 4.73.